The Balaban J connectivity index is 2.42. The van der Waals surface area contributed by atoms with E-state index in [0.29, 0.717) is 19.8 Å². The smallest absolute Gasteiger partial charge is 0.221 e. The molecule has 0 atom stereocenters. The number of hydrogen-bond donors (Lipinski definition) is 3. The van der Waals surface area contributed by atoms with E-state index in [4.69, 9.17) is 15.6 Å². The molecule has 4 N–H and O–H groups in total. The lowest BCUT2D eigenvalue weighted by atomic mass is 10.2. The maximum atomic E-state index is 8.52. The normalized spacial score (nSPS) is 10.4. The Hall–Kier alpha value is -1.40. The van der Waals surface area contributed by atoms with Crippen LogP contribution < -0.4 is 11.1 Å². The van der Waals surface area contributed by atoms with Gasteiger partial charge in [0.05, 0.1) is 19.8 Å². The third-order valence-corrected chi connectivity index (χ3v) is 2.04. The second-order valence-electron chi connectivity index (χ2n) is 3.22. The molecule has 0 fully saturated rings. The number of aliphatic hydroxyl groups is 1. The summed E-state index contributed by atoms with van der Waals surface area (Å²) in [6.07, 6.45) is 2.57. The molecule has 0 aromatic carbocycles. The minimum atomic E-state index is 0.0423. The molecule has 16 heavy (non-hydrogen) atoms. The van der Waals surface area contributed by atoms with Crippen molar-refractivity contribution < 1.29 is 9.84 Å². The van der Waals surface area contributed by atoms with E-state index in [9.17, 15) is 0 Å². The molecule has 0 saturated carbocycles. The van der Waals surface area contributed by atoms with Crippen LogP contribution in [-0.2, 0) is 11.2 Å². The summed E-state index contributed by atoms with van der Waals surface area (Å²) in [5.74, 6) is 1.01. The summed E-state index contributed by atoms with van der Waals surface area (Å²) < 4.78 is 5.12. The zero-order valence-corrected chi connectivity index (χ0v) is 9.44. The Kier molecular flexibility index (Phi) is 5.52. The largest absolute Gasteiger partial charge is 0.394 e. The van der Waals surface area contributed by atoms with Gasteiger partial charge in [0.2, 0.25) is 5.95 Å². The highest BCUT2D eigenvalue weighted by Gasteiger charge is 2.03. The predicted octanol–water partition coefficient (Wildman–Crippen LogP) is 0.0420. The Morgan fingerprint density at radius 3 is 3.00 bits per heavy atom. The molecular formula is C10H18N4O2. The number of nitrogens with one attached hydrogen (secondary N) is 1. The summed E-state index contributed by atoms with van der Waals surface area (Å²) in [4.78, 5) is 8.04. The monoisotopic (exact) mass is 226 g/mol. The van der Waals surface area contributed by atoms with Gasteiger partial charge in [-0.3, -0.25) is 0 Å². The first-order valence-electron chi connectivity index (χ1n) is 5.31. The third-order valence-electron chi connectivity index (χ3n) is 2.04. The molecule has 0 aliphatic heterocycles. The SMILES string of the molecule is CCc1cnc(N)nc1NCCOCCO. The van der Waals surface area contributed by atoms with Gasteiger partial charge in [0.25, 0.3) is 0 Å². The summed E-state index contributed by atoms with van der Waals surface area (Å²) in [7, 11) is 0. The number of hydrogen-bond acceptors (Lipinski definition) is 6. The number of aromatic nitrogens is 2. The molecule has 1 aromatic heterocycles. The molecule has 0 aliphatic carbocycles. The van der Waals surface area contributed by atoms with Crippen molar-refractivity contribution in [2.45, 2.75) is 13.3 Å². The van der Waals surface area contributed by atoms with E-state index in [1.165, 1.54) is 0 Å². The minimum Gasteiger partial charge on any atom is -0.394 e. The second kappa shape index (κ2) is 6.97. The fraction of sp³-hybridized carbons (Fsp3) is 0.600. The fourth-order valence-corrected chi connectivity index (χ4v) is 1.24. The first-order valence-corrected chi connectivity index (χ1v) is 5.31. The lowest BCUT2D eigenvalue weighted by molar-refractivity contribution is 0.0992. The molecular weight excluding hydrogens is 208 g/mol. The van der Waals surface area contributed by atoms with Gasteiger partial charge in [-0.1, -0.05) is 6.92 Å². The van der Waals surface area contributed by atoms with E-state index >= 15 is 0 Å². The van der Waals surface area contributed by atoms with E-state index in [0.717, 1.165) is 17.8 Å². The molecule has 1 aromatic rings. The number of nitrogens with two attached hydrogens (primary N) is 1. The molecule has 6 heteroatoms. The predicted molar refractivity (Wildman–Crippen MR) is 62.2 cm³/mol. The van der Waals surface area contributed by atoms with Gasteiger partial charge in [-0.2, -0.15) is 4.98 Å². The van der Waals surface area contributed by atoms with Crippen LogP contribution in [0.2, 0.25) is 0 Å². The topological polar surface area (TPSA) is 93.3 Å². The van der Waals surface area contributed by atoms with Gasteiger partial charge in [-0.25, -0.2) is 4.98 Å². The van der Waals surface area contributed by atoms with Crippen LogP contribution in [0.4, 0.5) is 11.8 Å². The number of nitrogen functional groups attached to an aromatic ring is 1. The van der Waals surface area contributed by atoms with Crippen molar-refractivity contribution >= 4 is 11.8 Å². The summed E-state index contributed by atoms with van der Waals surface area (Å²) >= 11 is 0. The Labute approximate surface area is 94.9 Å². The molecule has 0 unspecified atom stereocenters. The van der Waals surface area contributed by atoms with Crippen molar-refractivity contribution in [3.63, 3.8) is 0 Å². The van der Waals surface area contributed by atoms with Crippen molar-refractivity contribution in [1.82, 2.24) is 9.97 Å². The lowest BCUT2D eigenvalue weighted by Crippen LogP contribution is -2.14. The van der Waals surface area contributed by atoms with Crippen LogP contribution >= 0.6 is 0 Å². The maximum Gasteiger partial charge on any atom is 0.221 e. The van der Waals surface area contributed by atoms with Crippen molar-refractivity contribution in [2.75, 3.05) is 37.4 Å². The van der Waals surface area contributed by atoms with Gasteiger partial charge < -0.3 is 20.9 Å². The molecule has 0 spiro atoms. The minimum absolute atomic E-state index is 0.0423. The summed E-state index contributed by atoms with van der Waals surface area (Å²) in [5, 5.41) is 11.6. The molecule has 1 rings (SSSR count). The third kappa shape index (κ3) is 4.00. The van der Waals surface area contributed by atoms with Crippen LogP contribution in [-0.4, -0.2) is 41.4 Å². The Morgan fingerprint density at radius 1 is 1.50 bits per heavy atom. The number of anilines is 2. The van der Waals surface area contributed by atoms with Crippen molar-refractivity contribution in [1.29, 1.82) is 0 Å². The standard InChI is InChI=1S/C10H18N4O2/c1-2-8-7-13-10(11)14-9(8)12-3-5-16-6-4-15/h7,15H,2-6H2,1H3,(H3,11,12,13,14). The van der Waals surface area contributed by atoms with Crippen LogP contribution in [0.1, 0.15) is 12.5 Å². The summed E-state index contributed by atoms with van der Waals surface area (Å²) in [5.41, 5.74) is 6.53. The number of rotatable bonds is 7. The van der Waals surface area contributed by atoms with Crippen LogP contribution in [0.5, 0.6) is 0 Å². The van der Waals surface area contributed by atoms with Gasteiger partial charge in [0, 0.05) is 18.3 Å². The van der Waals surface area contributed by atoms with Crippen molar-refractivity contribution in [2.24, 2.45) is 0 Å². The van der Waals surface area contributed by atoms with Gasteiger partial charge >= 0.3 is 0 Å². The fourth-order valence-electron chi connectivity index (χ4n) is 1.24. The van der Waals surface area contributed by atoms with E-state index in [2.05, 4.69) is 15.3 Å². The van der Waals surface area contributed by atoms with Crippen LogP contribution in [0, 0.1) is 0 Å². The molecule has 0 saturated heterocycles. The van der Waals surface area contributed by atoms with Gasteiger partial charge in [0.15, 0.2) is 0 Å². The highest BCUT2D eigenvalue weighted by atomic mass is 16.5. The van der Waals surface area contributed by atoms with Gasteiger partial charge in [-0.15, -0.1) is 0 Å². The molecule has 0 aliphatic rings. The molecule has 0 amide bonds. The van der Waals surface area contributed by atoms with Crippen molar-refractivity contribution in [3.05, 3.63) is 11.8 Å². The highest BCUT2D eigenvalue weighted by Crippen LogP contribution is 2.12. The average molecular weight is 226 g/mol. The lowest BCUT2D eigenvalue weighted by Gasteiger charge is -2.09. The van der Waals surface area contributed by atoms with E-state index in [1.807, 2.05) is 6.92 Å². The molecule has 90 valence electrons. The van der Waals surface area contributed by atoms with E-state index < -0.39 is 0 Å². The van der Waals surface area contributed by atoms with E-state index in [1.54, 1.807) is 6.20 Å². The number of aryl methyl sites for hydroxylation is 1. The Bertz CT molecular complexity index is 320. The number of aliphatic hydroxyl groups excluding tert-OH is 1. The Morgan fingerprint density at radius 2 is 2.31 bits per heavy atom. The molecule has 0 radical (unpaired) electrons. The quantitative estimate of drug-likeness (QED) is 0.568. The summed E-state index contributed by atoms with van der Waals surface area (Å²) in [6, 6.07) is 0. The van der Waals surface area contributed by atoms with Crippen LogP contribution in [0.25, 0.3) is 0 Å². The molecule has 0 bridgehead atoms. The molecule has 1 heterocycles. The zero-order chi connectivity index (χ0) is 11.8. The average Bonchev–Trinajstić information content (AvgIpc) is 2.29. The van der Waals surface area contributed by atoms with E-state index in [-0.39, 0.29) is 12.6 Å². The first-order chi connectivity index (χ1) is 7.77. The molecule has 6 nitrogen and oxygen atoms in total. The summed E-state index contributed by atoms with van der Waals surface area (Å²) in [6.45, 7) is 3.58. The van der Waals surface area contributed by atoms with Crippen LogP contribution in [0.3, 0.4) is 0 Å². The van der Waals surface area contributed by atoms with Gasteiger partial charge in [-0.05, 0) is 6.42 Å². The number of ether oxygens (including phenoxy) is 1. The highest BCUT2D eigenvalue weighted by molar-refractivity contribution is 5.45. The number of nitrogens with zero attached hydrogens (tertiary/aromatic N) is 2. The van der Waals surface area contributed by atoms with Crippen molar-refractivity contribution in [3.8, 4) is 0 Å². The van der Waals surface area contributed by atoms with Crippen LogP contribution in [0.15, 0.2) is 6.20 Å². The zero-order valence-electron chi connectivity index (χ0n) is 9.44. The first kappa shape index (κ1) is 12.7. The second-order valence-corrected chi connectivity index (χ2v) is 3.22. The van der Waals surface area contributed by atoms with Gasteiger partial charge in [0.1, 0.15) is 5.82 Å². The maximum absolute atomic E-state index is 8.52.